The molecule has 9 nitrogen and oxygen atoms in total. The van der Waals surface area contributed by atoms with E-state index in [0.29, 0.717) is 16.6 Å². The number of amides is 3. The van der Waals surface area contributed by atoms with Gasteiger partial charge < -0.3 is 10.1 Å². The van der Waals surface area contributed by atoms with Gasteiger partial charge in [-0.2, -0.15) is 0 Å². The van der Waals surface area contributed by atoms with E-state index in [-0.39, 0.29) is 24.0 Å². The first-order valence-corrected chi connectivity index (χ1v) is 9.62. The van der Waals surface area contributed by atoms with E-state index >= 15 is 0 Å². The number of rotatable bonds is 5. The molecular weight excluding hydrogens is 414 g/mol. The van der Waals surface area contributed by atoms with Crippen LogP contribution in [-0.2, 0) is 16.0 Å². The lowest BCUT2D eigenvalue weighted by molar-refractivity contribution is -0.141. The van der Waals surface area contributed by atoms with Crippen LogP contribution in [0.4, 0.5) is 0 Å². The van der Waals surface area contributed by atoms with Crippen LogP contribution in [0.2, 0.25) is 0 Å². The van der Waals surface area contributed by atoms with E-state index in [9.17, 15) is 24.3 Å². The lowest BCUT2D eigenvalue weighted by Gasteiger charge is -2.22. The molecule has 1 aliphatic heterocycles. The molecule has 0 aliphatic carbocycles. The molecule has 4 N–H and O–H groups in total. The highest BCUT2D eigenvalue weighted by Crippen LogP contribution is 2.28. The predicted molar refractivity (Wildman–Crippen MR) is 112 cm³/mol. The van der Waals surface area contributed by atoms with Crippen molar-refractivity contribution in [2.45, 2.75) is 18.9 Å². The Balaban J connectivity index is 1.60. The van der Waals surface area contributed by atoms with E-state index in [2.05, 4.69) is 16.8 Å². The Labute approximate surface area is 181 Å². The van der Waals surface area contributed by atoms with Crippen LogP contribution >= 0.6 is 0 Å². The number of carboxylic acids is 1. The lowest BCUT2D eigenvalue weighted by Crippen LogP contribution is -2.46. The van der Waals surface area contributed by atoms with Crippen molar-refractivity contribution in [3.8, 4) is 11.8 Å². The molecule has 1 unspecified atom stereocenters. The Bertz CT molecular complexity index is 1300. The highest BCUT2D eigenvalue weighted by molar-refractivity contribution is 6.22. The SMILES string of the molecule is O=C(CC#Cc1ccc2c(CC(C(=O)O)N3C(=O)c4ccccc4C3=O)c[nH]c2c1)NO. The van der Waals surface area contributed by atoms with E-state index in [4.69, 9.17) is 5.21 Å². The molecule has 2 heterocycles. The van der Waals surface area contributed by atoms with Gasteiger partial charge in [-0.1, -0.05) is 30.0 Å². The number of nitrogens with zero attached hydrogens (tertiary/aromatic N) is 1. The summed E-state index contributed by atoms with van der Waals surface area (Å²) in [4.78, 5) is 52.4. The first-order valence-electron chi connectivity index (χ1n) is 9.62. The molecule has 0 saturated heterocycles. The minimum absolute atomic E-state index is 0.0670. The molecule has 160 valence electrons. The maximum Gasteiger partial charge on any atom is 0.327 e. The first-order chi connectivity index (χ1) is 15.4. The fourth-order valence-corrected chi connectivity index (χ4v) is 3.69. The van der Waals surface area contributed by atoms with Gasteiger partial charge in [0.15, 0.2) is 0 Å². The number of imide groups is 1. The molecule has 4 rings (SSSR count). The van der Waals surface area contributed by atoms with Gasteiger partial charge in [0.25, 0.3) is 17.7 Å². The molecule has 0 radical (unpaired) electrons. The number of aromatic amines is 1. The van der Waals surface area contributed by atoms with Crippen molar-refractivity contribution in [1.29, 1.82) is 0 Å². The number of fused-ring (bicyclic) bond motifs is 2. The van der Waals surface area contributed by atoms with Gasteiger partial charge in [-0.3, -0.25) is 24.5 Å². The number of H-pyrrole nitrogens is 1. The Hall–Kier alpha value is -4.42. The maximum absolute atomic E-state index is 12.7. The summed E-state index contributed by atoms with van der Waals surface area (Å²) in [6.45, 7) is 0. The zero-order valence-electron chi connectivity index (χ0n) is 16.6. The van der Waals surface area contributed by atoms with Crippen LogP contribution in [0, 0.1) is 11.8 Å². The zero-order chi connectivity index (χ0) is 22.8. The van der Waals surface area contributed by atoms with Crippen LogP contribution < -0.4 is 5.48 Å². The van der Waals surface area contributed by atoms with E-state index < -0.39 is 29.7 Å². The molecule has 9 heteroatoms. The van der Waals surface area contributed by atoms with Crippen LogP contribution in [0.25, 0.3) is 10.9 Å². The Kier molecular flexibility index (Phi) is 5.45. The number of hydroxylamine groups is 1. The van der Waals surface area contributed by atoms with Gasteiger partial charge in [0.05, 0.1) is 17.5 Å². The van der Waals surface area contributed by atoms with Crippen molar-refractivity contribution in [3.05, 3.63) is 70.9 Å². The van der Waals surface area contributed by atoms with Gasteiger partial charge in [0.1, 0.15) is 6.04 Å². The molecule has 1 aromatic heterocycles. The third-order valence-corrected chi connectivity index (χ3v) is 5.21. The number of carbonyl (C=O) groups is 4. The highest BCUT2D eigenvalue weighted by atomic mass is 16.5. The number of aliphatic carboxylic acids is 1. The Morgan fingerprint density at radius 3 is 2.41 bits per heavy atom. The third kappa shape index (κ3) is 3.71. The molecule has 3 amide bonds. The van der Waals surface area contributed by atoms with Crippen LogP contribution in [-0.4, -0.2) is 49.9 Å². The fourth-order valence-electron chi connectivity index (χ4n) is 3.69. The molecule has 0 spiro atoms. The van der Waals surface area contributed by atoms with E-state index in [1.165, 1.54) is 17.6 Å². The summed E-state index contributed by atoms with van der Waals surface area (Å²) in [7, 11) is 0. The highest BCUT2D eigenvalue weighted by Gasteiger charge is 2.42. The van der Waals surface area contributed by atoms with Crippen molar-refractivity contribution in [2.75, 3.05) is 0 Å². The van der Waals surface area contributed by atoms with Crippen LogP contribution in [0.3, 0.4) is 0 Å². The van der Waals surface area contributed by atoms with Crippen LogP contribution in [0.15, 0.2) is 48.7 Å². The molecule has 1 aliphatic rings. The molecule has 1 atom stereocenters. The average Bonchev–Trinajstić information content (AvgIpc) is 3.30. The quantitative estimate of drug-likeness (QED) is 0.210. The van der Waals surface area contributed by atoms with Gasteiger partial charge in [0.2, 0.25) is 0 Å². The Morgan fingerprint density at radius 1 is 1.09 bits per heavy atom. The van der Waals surface area contributed by atoms with Crippen LogP contribution in [0.5, 0.6) is 0 Å². The number of carbonyl (C=O) groups excluding carboxylic acids is 3. The van der Waals surface area contributed by atoms with E-state index in [0.717, 1.165) is 10.3 Å². The molecular formula is C23H17N3O6. The summed E-state index contributed by atoms with van der Waals surface area (Å²) in [5.41, 5.74) is 3.82. The van der Waals surface area contributed by atoms with E-state index in [1.807, 2.05) is 0 Å². The second-order valence-electron chi connectivity index (χ2n) is 7.17. The number of benzene rings is 2. The van der Waals surface area contributed by atoms with Crippen LogP contribution in [0.1, 0.15) is 38.3 Å². The molecule has 2 aromatic carbocycles. The summed E-state index contributed by atoms with van der Waals surface area (Å²) in [5, 5.41) is 19.0. The monoisotopic (exact) mass is 431 g/mol. The molecule has 3 aromatic rings. The second-order valence-corrected chi connectivity index (χ2v) is 7.17. The molecule has 0 saturated carbocycles. The van der Waals surface area contributed by atoms with Gasteiger partial charge in [0, 0.05) is 29.1 Å². The van der Waals surface area contributed by atoms with Crippen molar-refractivity contribution in [2.24, 2.45) is 0 Å². The smallest absolute Gasteiger partial charge is 0.327 e. The molecule has 0 fully saturated rings. The summed E-state index contributed by atoms with van der Waals surface area (Å²) in [6, 6.07) is 10.1. The largest absolute Gasteiger partial charge is 0.480 e. The lowest BCUT2D eigenvalue weighted by atomic mass is 10.0. The van der Waals surface area contributed by atoms with Gasteiger partial charge >= 0.3 is 5.97 Å². The van der Waals surface area contributed by atoms with Crippen molar-refractivity contribution >= 4 is 34.6 Å². The molecule has 32 heavy (non-hydrogen) atoms. The Morgan fingerprint density at radius 2 is 1.78 bits per heavy atom. The van der Waals surface area contributed by atoms with Gasteiger partial charge in [-0.05, 0) is 29.8 Å². The average molecular weight is 431 g/mol. The number of aromatic nitrogens is 1. The number of nitrogens with one attached hydrogen (secondary N) is 2. The van der Waals surface area contributed by atoms with Gasteiger partial charge in [-0.25, -0.2) is 10.3 Å². The number of hydrogen-bond acceptors (Lipinski definition) is 5. The summed E-state index contributed by atoms with van der Waals surface area (Å²) >= 11 is 0. The number of hydrogen-bond donors (Lipinski definition) is 4. The minimum Gasteiger partial charge on any atom is -0.480 e. The van der Waals surface area contributed by atoms with Crippen molar-refractivity contribution < 1.29 is 29.5 Å². The van der Waals surface area contributed by atoms with Gasteiger partial charge in [-0.15, -0.1) is 0 Å². The number of carboxylic acid groups (broad SMARTS) is 1. The fraction of sp³-hybridized carbons (Fsp3) is 0.130. The van der Waals surface area contributed by atoms with E-state index in [1.54, 1.807) is 36.5 Å². The first kappa shape index (κ1) is 20.8. The summed E-state index contributed by atoms with van der Waals surface area (Å²) < 4.78 is 0. The normalized spacial score (nSPS) is 13.5. The molecule has 0 bridgehead atoms. The maximum atomic E-state index is 12.7. The second kappa shape index (κ2) is 8.37. The summed E-state index contributed by atoms with van der Waals surface area (Å²) in [6.07, 6.45) is 1.41. The predicted octanol–water partition coefficient (Wildman–Crippen LogP) is 1.71. The standard InChI is InChI=1S/C23H17N3O6/c27-20(25-32)7-3-4-13-8-9-15-14(12-24-18(15)10-13)11-19(23(30)31)26-21(28)16-5-1-2-6-17(16)22(26)29/h1-2,5-6,8-10,12,19,24,32H,7,11H2,(H,25,27)(H,30,31). The minimum atomic E-state index is -1.36. The van der Waals surface area contributed by atoms with Crippen molar-refractivity contribution in [1.82, 2.24) is 15.4 Å². The third-order valence-electron chi connectivity index (χ3n) is 5.21. The topological polar surface area (TPSA) is 140 Å². The zero-order valence-corrected chi connectivity index (χ0v) is 16.6. The van der Waals surface area contributed by atoms with Crippen molar-refractivity contribution in [3.63, 3.8) is 0 Å². The summed E-state index contributed by atoms with van der Waals surface area (Å²) in [5.74, 6) is 2.29.